The molecule has 0 spiro atoms. The first-order valence-corrected chi connectivity index (χ1v) is 3.03. The Hall–Kier alpha value is -0.550. The van der Waals surface area contributed by atoms with Gasteiger partial charge in [0.25, 0.3) is 0 Å². The Morgan fingerprint density at radius 1 is 1.70 bits per heavy atom. The maximum Gasteiger partial charge on any atom is 0.363 e. The molecule has 0 aliphatic carbocycles. The zero-order valence-electron chi connectivity index (χ0n) is 4.77. The number of halogens is 1. The van der Waals surface area contributed by atoms with Gasteiger partial charge in [0, 0.05) is 6.08 Å². The zero-order chi connectivity index (χ0) is 8.57. The number of carbonyl (C=O) groups is 1. The van der Waals surface area contributed by atoms with Gasteiger partial charge in [-0.15, -0.1) is 4.73 Å². The highest BCUT2D eigenvalue weighted by Gasteiger charge is 1.92. The van der Waals surface area contributed by atoms with Crippen molar-refractivity contribution in [2.75, 3.05) is 0 Å². The van der Waals surface area contributed by atoms with E-state index in [0.717, 1.165) is 6.08 Å². The minimum atomic E-state index is -2.76. The van der Waals surface area contributed by atoms with Gasteiger partial charge in [-0.1, -0.05) is 6.58 Å². The first-order chi connectivity index (χ1) is 4.54. The SMILES string of the molecule is C=CC(=O)O.OP(O)OF. The minimum absolute atomic E-state index is 0.833. The Balaban J connectivity index is 0. The average molecular weight is 172 g/mol. The molecule has 0 saturated carbocycles. The molecule has 0 heterocycles. The molecule has 0 saturated heterocycles. The number of carboxylic acids is 1. The van der Waals surface area contributed by atoms with E-state index < -0.39 is 14.6 Å². The van der Waals surface area contributed by atoms with E-state index in [2.05, 4.69) is 11.3 Å². The third-order valence-electron chi connectivity index (χ3n) is 0.236. The monoisotopic (exact) mass is 172 g/mol. The second-order valence-corrected chi connectivity index (χ2v) is 1.51. The molecule has 0 bridgehead atoms. The van der Waals surface area contributed by atoms with Crippen molar-refractivity contribution in [2.24, 2.45) is 0 Å². The molecule has 0 unspecified atom stereocenters. The predicted octanol–water partition coefficient (Wildman–Crippen LogP) is 0.356. The molecule has 0 aliphatic heterocycles. The molecule has 0 rings (SSSR count). The summed E-state index contributed by atoms with van der Waals surface area (Å²) in [5.74, 6) is -0.981. The van der Waals surface area contributed by atoms with Crippen LogP contribution in [0.3, 0.4) is 0 Å². The van der Waals surface area contributed by atoms with E-state index >= 15 is 0 Å². The van der Waals surface area contributed by atoms with Crippen LogP contribution in [0.15, 0.2) is 12.7 Å². The summed E-state index contributed by atoms with van der Waals surface area (Å²) in [5, 5.41) is 7.60. The maximum atomic E-state index is 10.1. The van der Waals surface area contributed by atoms with Crippen LogP contribution in [0.2, 0.25) is 0 Å². The molecule has 0 fully saturated rings. The van der Waals surface area contributed by atoms with Gasteiger partial charge in [-0.05, 0) is 4.53 Å². The Morgan fingerprint density at radius 3 is 1.90 bits per heavy atom. The van der Waals surface area contributed by atoms with Gasteiger partial charge in [-0.3, -0.25) is 0 Å². The lowest BCUT2D eigenvalue weighted by Crippen LogP contribution is -1.82. The van der Waals surface area contributed by atoms with E-state index in [4.69, 9.17) is 14.9 Å². The molecule has 7 heteroatoms. The van der Waals surface area contributed by atoms with E-state index in [1.165, 1.54) is 0 Å². The Morgan fingerprint density at radius 2 is 1.90 bits per heavy atom. The van der Waals surface area contributed by atoms with Gasteiger partial charge in [-0.25, -0.2) is 4.79 Å². The van der Waals surface area contributed by atoms with Crippen molar-refractivity contribution in [2.45, 2.75) is 0 Å². The van der Waals surface area contributed by atoms with Crippen LogP contribution in [-0.2, 0) is 9.52 Å². The fraction of sp³-hybridized carbons (Fsp3) is 0. The van der Waals surface area contributed by atoms with Crippen LogP contribution in [0, 0.1) is 0 Å². The summed E-state index contributed by atoms with van der Waals surface area (Å²) in [6, 6.07) is 0. The van der Waals surface area contributed by atoms with Crippen LogP contribution < -0.4 is 0 Å². The number of hydrogen-bond acceptors (Lipinski definition) is 4. The molecule has 10 heavy (non-hydrogen) atoms. The van der Waals surface area contributed by atoms with Crippen LogP contribution >= 0.6 is 8.60 Å². The van der Waals surface area contributed by atoms with E-state index in [1.807, 2.05) is 0 Å². The Labute approximate surface area is 57.3 Å². The highest BCUT2D eigenvalue weighted by Crippen LogP contribution is 2.23. The summed E-state index contributed by atoms with van der Waals surface area (Å²) in [7, 11) is -2.76. The highest BCUT2D eigenvalue weighted by molar-refractivity contribution is 7.39. The van der Waals surface area contributed by atoms with Crippen molar-refractivity contribution in [3.8, 4) is 0 Å². The lowest BCUT2D eigenvalue weighted by molar-refractivity contribution is -0.131. The zero-order valence-corrected chi connectivity index (χ0v) is 5.66. The normalized spacial score (nSPS) is 8.00. The van der Waals surface area contributed by atoms with Crippen LogP contribution in [-0.4, -0.2) is 20.9 Å². The molecule has 0 aromatic rings. The van der Waals surface area contributed by atoms with Gasteiger partial charge < -0.3 is 14.9 Å². The molecule has 3 N–H and O–H groups in total. The van der Waals surface area contributed by atoms with Crippen molar-refractivity contribution < 1.29 is 28.9 Å². The first-order valence-electron chi connectivity index (χ1n) is 1.86. The third kappa shape index (κ3) is 26.0. The summed E-state index contributed by atoms with van der Waals surface area (Å²) in [5.41, 5.74) is 0. The molecule has 0 atom stereocenters. The van der Waals surface area contributed by atoms with Crippen LogP contribution in [0.5, 0.6) is 0 Å². The van der Waals surface area contributed by atoms with Crippen molar-refractivity contribution >= 4 is 14.6 Å². The van der Waals surface area contributed by atoms with Gasteiger partial charge >= 0.3 is 14.6 Å². The number of carboxylic acid groups (broad SMARTS) is 1. The summed E-state index contributed by atoms with van der Waals surface area (Å²) < 4.78 is 12.6. The predicted molar refractivity (Wildman–Crippen MR) is 31.4 cm³/mol. The van der Waals surface area contributed by atoms with Gasteiger partial charge in [0.1, 0.15) is 0 Å². The molecule has 0 radical (unpaired) electrons. The fourth-order valence-electron chi connectivity index (χ4n) is 0. The highest BCUT2D eigenvalue weighted by atomic mass is 31.2. The topological polar surface area (TPSA) is 87.0 Å². The largest absolute Gasteiger partial charge is 0.478 e. The standard InChI is InChI=1S/C3H4O2.FH2O3P/c1-2-3(4)5;1-4-5(2)3/h2H,1H2,(H,4,5);2-3H. The van der Waals surface area contributed by atoms with Gasteiger partial charge in [0.2, 0.25) is 0 Å². The molecule has 0 amide bonds. The fourth-order valence-corrected chi connectivity index (χ4v) is 0. The summed E-state index contributed by atoms with van der Waals surface area (Å²) >= 11 is 0. The molecular formula is C3H6FO5P. The molecule has 0 aromatic carbocycles. The molecule has 0 aliphatic rings. The second-order valence-electron chi connectivity index (χ2n) is 0.864. The van der Waals surface area contributed by atoms with Crippen molar-refractivity contribution in [3.05, 3.63) is 12.7 Å². The second kappa shape index (κ2) is 8.45. The lowest BCUT2D eigenvalue weighted by Gasteiger charge is -1.83. The number of rotatable bonds is 2. The first kappa shape index (κ1) is 12.2. The quantitative estimate of drug-likeness (QED) is 0.413. The number of hydrogen-bond donors (Lipinski definition) is 3. The maximum absolute atomic E-state index is 10.1. The lowest BCUT2D eigenvalue weighted by atomic mass is 10.7. The smallest absolute Gasteiger partial charge is 0.363 e. The van der Waals surface area contributed by atoms with E-state index in [9.17, 15) is 9.32 Å². The van der Waals surface area contributed by atoms with Gasteiger partial charge in [0.15, 0.2) is 0 Å². The van der Waals surface area contributed by atoms with Crippen LogP contribution in [0.25, 0.3) is 0 Å². The van der Waals surface area contributed by atoms with Gasteiger partial charge in [-0.2, -0.15) is 0 Å². The van der Waals surface area contributed by atoms with Crippen LogP contribution in [0.1, 0.15) is 0 Å². The van der Waals surface area contributed by atoms with Crippen molar-refractivity contribution in [1.82, 2.24) is 0 Å². The van der Waals surface area contributed by atoms with Crippen LogP contribution in [0.4, 0.5) is 4.53 Å². The summed E-state index contributed by atoms with van der Waals surface area (Å²) in [6.45, 7) is 2.96. The van der Waals surface area contributed by atoms with E-state index in [0.29, 0.717) is 0 Å². The molecular weight excluding hydrogens is 166 g/mol. The molecule has 5 nitrogen and oxygen atoms in total. The van der Waals surface area contributed by atoms with E-state index in [-0.39, 0.29) is 0 Å². The Bertz CT molecular complexity index is 105. The number of aliphatic carboxylic acids is 1. The molecule has 60 valence electrons. The molecule has 0 aromatic heterocycles. The average Bonchev–Trinajstić information content (AvgIpc) is 1.89. The van der Waals surface area contributed by atoms with Gasteiger partial charge in [0.05, 0.1) is 0 Å². The third-order valence-corrected chi connectivity index (χ3v) is 0.360. The minimum Gasteiger partial charge on any atom is -0.478 e. The Kier molecular flexibility index (Phi) is 10.3. The van der Waals surface area contributed by atoms with Crippen molar-refractivity contribution in [3.63, 3.8) is 0 Å². The van der Waals surface area contributed by atoms with E-state index in [1.54, 1.807) is 0 Å². The summed E-state index contributed by atoms with van der Waals surface area (Å²) in [4.78, 5) is 24.0. The van der Waals surface area contributed by atoms with Crippen molar-refractivity contribution in [1.29, 1.82) is 0 Å². The summed E-state index contributed by atoms with van der Waals surface area (Å²) in [6.07, 6.45) is 0.833.